The smallest absolute Gasteiger partial charge is 0.267 e. The number of hydrogen-bond acceptors (Lipinski definition) is 6. The fourth-order valence-electron chi connectivity index (χ4n) is 4.09. The molecule has 0 N–H and O–H groups in total. The van der Waals surface area contributed by atoms with Crippen LogP contribution >= 0.6 is 0 Å². The van der Waals surface area contributed by atoms with Crippen molar-refractivity contribution < 1.29 is 14.3 Å². The lowest BCUT2D eigenvalue weighted by atomic mass is 10.1. The third kappa shape index (κ3) is 5.63. The Hall–Kier alpha value is -3.65. The predicted octanol–water partition coefficient (Wildman–Crippen LogP) is 2.31. The van der Waals surface area contributed by atoms with Crippen molar-refractivity contribution in [2.24, 2.45) is 0 Å². The molecule has 1 saturated heterocycles. The van der Waals surface area contributed by atoms with E-state index >= 15 is 0 Å². The van der Waals surface area contributed by atoms with Crippen molar-refractivity contribution in [3.8, 4) is 22.8 Å². The van der Waals surface area contributed by atoms with Crippen LogP contribution in [-0.4, -0.2) is 72.4 Å². The summed E-state index contributed by atoms with van der Waals surface area (Å²) in [5, 5.41) is 4.44. The highest BCUT2D eigenvalue weighted by Gasteiger charge is 2.22. The fourth-order valence-corrected chi connectivity index (χ4v) is 4.09. The number of hydrogen-bond donors (Lipinski definition) is 0. The Labute approximate surface area is 199 Å². The highest BCUT2D eigenvalue weighted by Crippen LogP contribution is 2.31. The first-order valence-corrected chi connectivity index (χ1v) is 11.4. The molecule has 4 rings (SSSR count). The molecule has 2 aromatic carbocycles. The van der Waals surface area contributed by atoms with Crippen LogP contribution in [0.2, 0.25) is 0 Å². The molecule has 3 aromatic rings. The SMILES string of the molecule is COc1ccc(-c2ccc(=O)n(CC(=O)N3CCN(CCc4ccccc4)CC3)n2)cc1OC. The Bertz CT molecular complexity index is 1170. The van der Waals surface area contributed by atoms with Crippen molar-refractivity contribution in [2.45, 2.75) is 13.0 Å². The highest BCUT2D eigenvalue weighted by molar-refractivity contribution is 5.76. The summed E-state index contributed by atoms with van der Waals surface area (Å²) in [7, 11) is 3.14. The minimum Gasteiger partial charge on any atom is -0.493 e. The molecule has 1 fully saturated rings. The van der Waals surface area contributed by atoms with Crippen LogP contribution < -0.4 is 15.0 Å². The average molecular weight is 463 g/mol. The minimum absolute atomic E-state index is 0.0794. The molecule has 0 unspecified atom stereocenters. The van der Waals surface area contributed by atoms with Crippen LogP contribution in [0.5, 0.6) is 11.5 Å². The van der Waals surface area contributed by atoms with Crippen molar-refractivity contribution in [2.75, 3.05) is 46.9 Å². The molecule has 0 aliphatic carbocycles. The molecule has 0 bridgehead atoms. The number of carbonyl (C=O) groups is 1. The van der Waals surface area contributed by atoms with Gasteiger partial charge in [0.25, 0.3) is 5.56 Å². The monoisotopic (exact) mass is 462 g/mol. The first-order chi connectivity index (χ1) is 16.6. The van der Waals surface area contributed by atoms with Crippen molar-refractivity contribution in [3.63, 3.8) is 0 Å². The molecule has 34 heavy (non-hydrogen) atoms. The summed E-state index contributed by atoms with van der Waals surface area (Å²) in [5.41, 5.74) is 2.37. The van der Waals surface area contributed by atoms with E-state index in [9.17, 15) is 9.59 Å². The van der Waals surface area contributed by atoms with E-state index in [1.165, 1.54) is 16.3 Å². The van der Waals surface area contributed by atoms with Crippen LogP contribution in [0, 0.1) is 0 Å². The zero-order valence-electron chi connectivity index (χ0n) is 19.6. The molecule has 0 saturated carbocycles. The topological polar surface area (TPSA) is 76.9 Å². The Morgan fingerprint density at radius 2 is 1.65 bits per heavy atom. The number of piperazine rings is 1. The second kappa shape index (κ2) is 11.0. The van der Waals surface area contributed by atoms with Gasteiger partial charge in [0.15, 0.2) is 11.5 Å². The van der Waals surface area contributed by atoms with E-state index < -0.39 is 0 Å². The molecule has 1 aliphatic heterocycles. The van der Waals surface area contributed by atoms with Gasteiger partial charge in [0.2, 0.25) is 5.91 Å². The second-order valence-corrected chi connectivity index (χ2v) is 8.24. The van der Waals surface area contributed by atoms with Crippen LogP contribution in [0.1, 0.15) is 5.56 Å². The van der Waals surface area contributed by atoms with Crippen molar-refractivity contribution in [1.82, 2.24) is 19.6 Å². The molecule has 0 atom stereocenters. The number of nitrogens with zero attached hydrogens (tertiary/aromatic N) is 4. The number of rotatable bonds is 8. The predicted molar refractivity (Wildman–Crippen MR) is 130 cm³/mol. The summed E-state index contributed by atoms with van der Waals surface area (Å²) < 4.78 is 11.9. The third-order valence-corrected chi connectivity index (χ3v) is 6.12. The van der Waals surface area contributed by atoms with E-state index in [0.717, 1.165) is 31.6 Å². The number of carbonyl (C=O) groups excluding carboxylic acids is 1. The summed E-state index contributed by atoms with van der Waals surface area (Å²) in [6.07, 6.45) is 0.997. The van der Waals surface area contributed by atoms with Gasteiger partial charge in [0.1, 0.15) is 6.54 Å². The number of ether oxygens (including phenoxy) is 2. The molecule has 178 valence electrons. The number of aromatic nitrogens is 2. The van der Waals surface area contributed by atoms with E-state index in [4.69, 9.17) is 9.47 Å². The summed E-state index contributed by atoms with van der Waals surface area (Å²) in [6, 6.07) is 18.9. The molecular formula is C26H30N4O4. The maximum absolute atomic E-state index is 12.9. The first kappa shape index (κ1) is 23.5. The maximum atomic E-state index is 12.9. The van der Waals surface area contributed by atoms with Gasteiger partial charge >= 0.3 is 0 Å². The van der Waals surface area contributed by atoms with Crippen molar-refractivity contribution >= 4 is 5.91 Å². The van der Waals surface area contributed by atoms with Gasteiger partial charge in [-0.1, -0.05) is 30.3 Å². The molecule has 8 heteroatoms. The Morgan fingerprint density at radius 3 is 2.35 bits per heavy atom. The highest BCUT2D eigenvalue weighted by atomic mass is 16.5. The Balaban J connectivity index is 1.36. The zero-order valence-corrected chi connectivity index (χ0v) is 19.6. The van der Waals surface area contributed by atoms with Crippen molar-refractivity contribution in [3.05, 3.63) is 76.6 Å². The van der Waals surface area contributed by atoms with E-state index in [1.807, 2.05) is 17.0 Å². The summed E-state index contributed by atoms with van der Waals surface area (Å²) in [4.78, 5) is 29.5. The largest absolute Gasteiger partial charge is 0.493 e. The minimum atomic E-state index is -0.306. The van der Waals surface area contributed by atoms with Gasteiger partial charge in [-0.3, -0.25) is 14.5 Å². The quantitative estimate of drug-likeness (QED) is 0.511. The summed E-state index contributed by atoms with van der Waals surface area (Å²) in [5.74, 6) is 1.08. The standard InChI is InChI=1S/C26H30N4O4/c1-33-23-10-8-21(18-24(23)34-2)22-9-11-25(31)30(27-22)19-26(32)29-16-14-28(15-17-29)13-12-20-6-4-3-5-7-20/h3-11,18H,12-17,19H2,1-2H3. The molecule has 0 radical (unpaired) electrons. The maximum Gasteiger partial charge on any atom is 0.267 e. The molecule has 0 spiro atoms. The number of amides is 1. The summed E-state index contributed by atoms with van der Waals surface area (Å²) in [6.45, 7) is 3.85. The zero-order chi connectivity index (χ0) is 23.9. The lowest BCUT2D eigenvalue weighted by molar-refractivity contribution is -0.133. The Kier molecular flexibility index (Phi) is 7.59. The van der Waals surface area contributed by atoms with E-state index in [1.54, 1.807) is 32.4 Å². The van der Waals surface area contributed by atoms with E-state index in [-0.39, 0.29) is 18.0 Å². The van der Waals surface area contributed by atoms with Crippen molar-refractivity contribution in [1.29, 1.82) is 0 Å². The van der Waals surface area contributed by atoms with Crippen LogP contribution in [0.15, 0.2) is 65.5 Å². The van der Waals surface area contributed by atoms with Gasteiger partial charge in [-0.15, -0.1) is 0 Å². The average Bonchev–Trinajstić information content (AvgIpc) is 2.89. The third-order valence-electron chi connectivity index (χ3n) is 6.12. The van der Waals surface area contributed by atoms with Gasteiger partial charge in [-0.05, 0) is 36.2 Å². The second-order valence-electron chi connectivity index (χ2n) is 8.24. The fraction of sp³-hybridized carbons (Fsp3) is 0.346. The van der Waals surface area contributed by atoms with Gasteiger partial charge in [0.05, 0.1) is 19.9 Å². The lowest BCUT2D eigenvalue weighted by Gasteiger charge is -2.34. The Morgan fingerprint density at radius 1 is 0.912 bits per heavy atom. The van der Waals surface area contributed by atoms with Crippen LogP contribution in [0.25, 0.3) is 11.3 Å². The molecule has 8 nitrogen and oxygen atoms in total. The van der Waals surface area contributed by atoms with Crippen LogP contribution in [0.4, 0.5) is 0 Å². The van der Waals surface area contributed by atoms with Gasteiger partial charge < -0.3 is 14.4 Å². The lowest BCUT2D eigenvalue weighted by Crippen LogP contribution is -2.50. The van der Waals surface area contributed by atoms with Crippen LogP contribution in [0.3, 0.4) is 0 Å². The molecule has 1 amide bonds. The van der Waals surface area contributed by atoms with Gasteiger partial charge in [-0.25, -0.2) is 4.68 Å². The van der Waals surface area contributed by atoms with Crippen LogP contribution in [-0.2, 0) is 17.8 Å². The molecular weight excluding hydrogens is 432 g/mol. The molecule has 2 heterocycles. The molecule has 1 aliphatic rings. The van der Waals surface area contributed by atoms with Gasteiger partial charge in [-0.2, -0.15) is 5.10 Å². The molecule has 1 aromatic heterocycles. The van der Waals surface area contributed by atoms with Gasteiger partial charge in [0, 0.05) is 44.4 Å². The first-order valence-electron chi connectivity index (χ1n) is 11.4. The van der Waals surface area contributed by atoms with E-state index in [0.29, 0.717) is 30.3 Å². The van der Waals surface area contributed by atoms with E-state index in [2.05, 4.69) is 34.3 Å². The number of benzene rings is 2. The number of methoxy groups -OCH3 is 2. The normalized spacial score (nSPS) is 14.1. The summed E-state index contributed by atoms with van der Waals surface area (Å²) >= 11 is 0.